The molecule has 1 aliphatic rings. The first kappa shape index (κ1) is 15.3. The number of ether oxygens (including phenoxy) is 1. The number of nitrogens with one attached hydrogen (secondary N) is 1. The van der Waals surface area contributed by atoms with Crippen molar-refractivity contribution < 1.29 is 4.74 Å². The van der Waals surface area contributed by atoms with Crippen molar-refractivity contribution in [2.45, 2.75) is 26.4 Å². The summed E-state index contributed by atoms with van der Waals surface area (Å²) < 4.78 is 5.37. The molecule has 0 amide bonds. The Hall–Kier alpha value is -0.770. The maximum atomic E-state index is 5.37. The number of nitrogens with zero attached hydrogens (tertiary/aromatic N) is 1. The van der Waals surface area contributed by atoms with Gasteiger partial charge in [0.2, 0.25) is 0 Å². The fourth-order valence-corrected chi connectivity index (χ4v) is 2.32. The highest BCUT2D eigenvalue weighted by molar-refractivity contribution is 5.85. The minimum absolute atomic E-state index is 0. The van der Waals surface area contributed by atoms with Crippen LogP contribution < -0.4 is 10.1 Å². The summed E-state index contributed by atoms with van der Waals surface area (Å²) in [5.74, 6) is 0.991. The van der Waals surface area contributed by atoms with Crippen LogP contribution in [-0.2, 0) is 6.54 Å². The van der Waals surface area contributed by atoms with Crippen LogP contribution in [0.3, 0.4) is 0 Å². The molecule has 0 bridgehead atoms. The van der Waals surface area contributed by atoms with Gasteiger partial charge in [0.15, 0.2) is 0 Å². The second-order valence-electron chi connectivity index (χ2n) is 4.83. The summed E-state index contributed by atoms with van der Waals surface area (Å²) in [5.41, 5.74) is 2.53. The SMILES string of the molecule is COc1cc(CN2CCNC[C@@H]2C)ccc1C.Cl. The van der Waals surface area contributed by atoms with E-state index in [9.17, 15) is 0 Å². The summed E-state index contributed by atoms with van der Waals surface area (Å²) >= 11 is 0. The molecule has 3 nitrogen and oxygen atoms in total. The number of rotatable bonds is 3. The van der Waals surface area contributed by atoms with Gasteiger partial charge in [-0.05, 0) is 31.0 Å². The third-order valence-electron chi connectivity index (χ3n) is 3.50. The Kier molecular flexibility index (Phi) is 5.93. The van der Waals surface area contributed by atoms with Gasteiger partial charge in [0.05, 0.1) is 7.11 Å². The van der Waals surface area contributed by atoms with Crippen molar-refractivity contribution in [1.29, 1.82) is 0 Å². The van der Waals surface area contributed by atoms with E-state index in [2.05, 4.69) is 42.3 Å². The molecule has 1 aliphatic heterocycles. The van der Waals surface area contributed by atoms with E-state index in [1.54, 1.807) is 7.11 Å². The lowest BCUT2D eigenvalue weighted by atomic mass is 10.1. The fraction of sp³-hybridized carbons (Fsp3) is 0.571. The summed E-state index contributed by atoms with van der Waals surface area (Å²) in [6, 6.07) is 7.11. The fourth-order valence-electron chi connectivity index (χ4n) is 2.32. The Balaban J connectivity index is 0.00000162. The summed E-state index contributed by atoms with van der Waals surface area (Å²) in [5, 5.41) is 3.42. The van der Waals surface area contributed by atoms with Crippen molar-refractivity contribution in [3.05, 3.63) is 29.3 Å². The van der Waals surface area contributed by atoms with Gasteiger partial charge in [0.1, 0.15) is 5.75 Å². The molecule has 0 aliphatic carbocycles. The molecular formula is C14H23ClN2O. The zero-order valence-electron chi connectivity index (χ0n) is 11.4. The van der Waals surface area contributed by atoms with Crippen LogP contribution in [0.4, 0.5) is 0 Å². The maximum absolute atomic E-state index is 5.37. The molecule has 1 aromatic carbocycles. The molecule has 0 unspecified atom stereocenters. The molecule has 18 heavy (non-hydrogen) atoms. The third-order valence-corrected chi connectivity index (χ3v) is 3.50. The van der Waals surface area contributed by atoms with Gasteiger partial charge in [-0.25, -0.2) is 0 Å². The monoisotopic (exact) mass is 270 g/mol. The molecule has 1 N–H and O–H groups in total. The largest absolute Gasteiger partial charge is 0.496 e. The van der Waals surface area contributed by atoms with E-state index >= 15 is 0 Å². The second kappa shape index (κ2) is 6.98. The van der Waals surface area contributed by atoms with Crippen LogP contribution in [0.2, 0.25) is 0 Å². The van der Waals surface area contributed by atoms with Crippen LogP contribution in [0.25, 0.3) is 0 Å². The van der Waals surface area contributed by atoms with Gasteiger partial charge >= 0.3 is 0 Å². The molecule has 2 rings (SSSR count). The van der Waals surface area contributed by atoms with Crippen LogP contribution in [0.5, 0.6) is 5.75 Å². The minimum atomic E-state index is 0. The lowest BCUT2D eigenvalue weighted by Gasteiger charge is -2.34. The molecular weight excluding hydrogens is 248 g/mol. The van der Waals surface area contributed by atoms with Crippen molar-refractivity contribution in [2.24, 2.45) is 0 Å². The topological polar surface area (TPSA) is 24.5 Å². The van der Waals surface area contributed by atoms with Gasteiger partial charge in [0.25, 0.3) is 0 Å². The van der Waals surface area contributed by atoms with Crippen molar-refractivity contribution in [2.75, 3.05) is 26.7 Å². The molecule has 0 radical (unpaired) electrons. The minimum Gasteiger partial charge on any atom is -0.496 e. The van der Waals surface area contributed by atoms with E-state index in [0.717, 1.165) is 31.9 Å². The standard InChI is InChI=1S/C14H22N2O.ClH/c1-11-4-5-13(8-14(11)17-3)10-16-7-6-15-9-12(16)2;/h4-5,8,12,15H,6-7,9-10H2,1-3H3;1H/t12-;/m0./s1. The summed E-state index contributed by atoms with van der Waals surface area (Å²) in [7, 11) is 1.74. The Bertz CT molecular complexity index is 384. The molecule has 4 heteroatoms. The highest BCUT2D eigenvalue weighted by Gasteiger charge is 2.17. The van der Waals surface area contributed by atoms with E-state index in [0.29, 0.717) is 6.04 Å². The molecule has 1 saturated heterocycles. The number of hydrogen-bond acceptors (Lipinski definition) is 3. The average molecular weight is 271 g/mol. The van der Waals surface area contributed by atoms with E-state index in [-0.39, 0.29) is 12.4 Å². The summed E-state index contributed by atoms with van der Waals surface area (Å²) in [6.45, 7) is 8.67. The molecule has 102 valence electrons. The van der Waals surface area contributed by atoms with Crippen LogP contribution in [0, 0.1) is 6.92 Å². The van der Waals surface area contributed by atoms with Crippen molar-refractivity contribution >= 4 is 12.4 Å². The van der Waals surface area contributed by atoms with E-state index in [1.165, 1.54) is 11.1 Å². The predicted molar refractivity (Wildman–Crippen MR) is 77.7 cm³/mol. The van der Waals surface area contributed by atoms with Crippen LogP contribution in [0.1, 0.15) is 18.1 Å². The Morgan fingerprint density at radius 1 is 1.44 bits per heavy atom. The third kappa shape index (κ3) is 3.61. The summed E-state index contributed by atoms with van der Waals surface area (Å²) in [4.78, 5) is 2.51. The zero-order chi connectivity index (χ0) is 12.3. The van der Waals surface area contributed by atoms with Crippen molar-refractivity contribution in [3.8, 4) is 5.75 Å². The maximum Gasteiger partial charge on any atom is 0.122 e. The normalized spacial score (nSPS) is 20.3. The van der Waals surface area contributed by atoms with Crippen molar-refractivity contribution in [1.82, 2.24) is 10.2 Å². The Morgan fingerprint density at radius 2 is 2.22 bits per heavy atom. The number of benzene rings is 1. The number of hydrogen-bond donors (Lipinski definition) is 1. The quantitative estimate of drug-likeness (QED) is 0.912. The van der Waals surface area contributed by atoms with Gasteiger partial charge in [-0.15, -0.1) is 12.4 Å². The zero-order valence-corrected chi connectivity index (χ0v) is 12.2. The molecule has 1 atom stereocenters. The van der Waals surface area contributed by atoms with Crippen LogP contribution in [0.15, 0.2) is 18.2 Å². The van der Waals surface area contributed by atoms with Crippen LogP contribution >= 0.6 is 12.4 Å². The van der Waals surface area contributed by atoms with Crippen molar-refractivity contribution in [3.63, 3.8) is 0 Å². The first-order chi connectivity index (χ1) is 8.20. The van der Waals surface area contributed by atoms with Gasteiger partial charge in [-0.2, -0.15) is 0 Å². The molecule has 1 aromatic rings. The number of halogens is 1. The molecule has 1 heterocycles. The molecule has 0 spiro atoms. The number of aryl methyl sites for hydroxylation is 1. The highest BCUT2D eigenvalue weighted by atomic mass is 35.5. The van der Waals surface area contributed by atoms with Crippen LogP contribution in [-0.4, -0.2) is 37.7 Å². The highest BCUT2D eigenvalue weighted by Crippen LogP contribution is 2.20. The smallest absolute Gasteiger partial charge is 0.122 e. The summed E-state index contributed by atoms with van der Waals surface area (Å²) in [6.07, 6.45) is 0. The predicted octanol–water partition coefficient (Wildman–Crippen LogP) is 2.22. The van der Waals surface area contributed by atoms with Gasteiger partial charge in [-0.3, -0.25) is 4.90 Å². The first-order valence-electron chi connectivity index (χ1n) is 6.29. The number of methoxy groups -OCH3 is 1. The number of piperazine rings is 1. The van der Waals surface area contributed by atoms with Gasteiger partial charge < -0.3 is 10.1 Å². The molecule has 0 saturated carbocycles. The Morgan fingerprint density at radius 3 is 2.89 bits per heavy atom. The molecule has 1 fully saturated rings. The van der Waals surface area contributed by atoms with E-state index in [4.69, 9.17) is 4.74 Å². The molecule has 0 aromatic heterocycles. The van der Waals surface area contributed by atoms with E-state index in [1.807, 2.05) is 0 Å². The van der Waals surface area contributed by atoms with Gasteiger partial charge in [-0.1, -0.05) is 12.1 Å². The lowest BCUT2D eigenvalue weighted by molar-refractivity contribution is 0.165. The van der Waals surface area contributed by atoms with Gasteiger partial charge in [0, 0.05) is 32.2 Å². The average Bonchev–Trinajstić information content (AvgIpc) is 2.34. The Labute approximate surface area is 116 Å². The van der Waals surface area contributed by atoms with E-state index < -0.39 is 0 Å². The second-order valence-corrected chi connectivity index (χ2v) is 4.83. The first-order valence-corrected chi connectivity index (χ1v) is 6.29. The lowest BCUT2D eigenvalue weighted by Crippen LogP contribution is -2.49.